The molecular weight excluding hydrogens is 336 g/mol. The molecule has 1 aliphatic heterocycles. The Kier molecular flexibility index (Phi) is 6.17. The molecule has 1 aliphatic rings. The summed E-state index contributed by atoms with van der Waals surface area (Å²) < 4.78 is 5.40. The van der Waals surface area contributed by atoms with E-state index in [4.69, 9.17) is 4.74 Å². The van der Waals surface area contributed by atoms with E-state index in [0.717, 1.165) is 19.6 Å². The Morgan fingerprint density at radius 1 is 1.04 bits per heavy atom. The van der Waals surface area contributed by atoms with E-state index < -0.39 is 5.60 Å². The highest BCUT2D eigenvalue weighted by atomic mass is 16.6. The Morgan fingerprint density at radius 3 is 2.30 bits per heavy atom. The normalized spacial score (nSPS) is 20.4. The Bertz CT molecular complexity index is 725. The summed E-state index contributed by atoms with van der Waals surface area (Å²) in [6, 6.07) is 21.2. The van der Waals surface area contributed by atoms with E-state index in [0.29, 0.717) is 18.4 Å². The van der Waals surface area contributed by atoms with Crippen LogP contribution in [0.4, 0.5) is 4.79 Å². The van der Waals surface area contributed by atoms with Crippen LogP contribution < -0.4 is 5.32 Å². The molecule has 3 rings (SSSR count). The molecule has 1 saturated heterocycles. The molecule has 1 N–H and O–H groups in total. The molecule has 0 aromatic heterocycles. The number of carbonyl (C=O) groups excluding carboxylic acids is 1. The third kappa shape index (κ3) is 5.83. The minimum atomic E-state index is -0.474. The minimum Gasteiger partial charge on any atom is -0.444 e. The second-order valence-electron chi connectivity index (χ2n) is 8.34. The quantitative estimate of drug-likeness (QED) is 0.851. The van der Waals surface area contributed by atoms with E-state index in [1.54, 1.807) is 0 Å². The van der Waals surface area contributed by atoms with Gasteiger partial charge in [0.25, 0.3) is 0 Å². The van der Waals surface area contributed by atoms with Gasteiger partial charge in [-0.1, -0.05) is 60.7 Å². The van der Waals surface area contributed by atoms with Gasteiger partial charge < -0.3 is 10.1 Å². The maximum Gasteiger partial charge on any atom is 0.407 e. The van der Waals surface area contributed by atoms with E-state index in [1.807, 2.05) is 32.9 Å². The van der Waals surface area contributed by atoms with E-state index in [9.17, 15) is 4.79 Å². The average molecular weight is 367 g/mol. The predicted molar refractivity (Wildman–Crippen MR) is 109 cm³/mol. The van der Waals surface area contributed by atoms with Crippen molar-refractivity contribution in [3.8, 4) is 0 Å². The van der Waals surface area contributed by atoms with Crippen molar-refractivity contribution in [3.05, 3.63) is 71.8 Å². The van der Waals surface area contributed by atoms with Crippen LogP contribution in [0, 0.1) is 5.92 Å². The number of likely N-dealkylation sites (tertiary alicyclic amines) is 1. The molecule has 2 aromatic rings. The average Bonchev–Trinajstić information content (AvgIpc) is 3.03. The van der Waals surface area contributed by atoms with Crippen molar-refractivity contribution in [2.75, 3.05) is 19.6 Å². The van der Waals surface area contributed by atoms with Gasteiger partial charge in [0.1, 0.15) is 5.60 Å². The van der Waals surface area contributed by atoms with Gasteiger partial charge in [-0.3, -0.25) is 4.90 Å². The van der Waals surface area contributed by atoms with Gasteiger partial charge in [-0.2, -0.15) is 0 Å². The van der Waals surface area contributed by atoms with Crippen LogP contribution in [0.1, 0.15) is 37.8 Å². The molecule has 4 nitrogen and oxygen atoms in total. The number of alkyl carbamates (subject to hydrolysis) is 1. The van der Waals surface area contributed by atoms with Crippen molar-refractivity contribution in [2.45, 2.75) is 38.8 Å². The predicted octanol–water partition coefficient (Wildman–Crippen LogP) is 4.43. The largest absolute Gasteiger partial charge is 0.444 e. The molecule has 1 fully saturated rings. The molecule has 27 heavy (non-hydrogen) atoms. The number of rotatable bonds is 5. The van der Waals surface area contributed by atoms with Crippen LogP contribution in [-0.2, 0) is 11.3 Å². The fourth-order valence-corrected chi connectivity index (χ4v) is 3.74. The van der Waals surface area contributed by atoms with Crippen molar-refractivity contribution >= 4 is 6.09 Å². The lowest BCUT2D eigenvalue weighted by molar-refractivity contribution is 0.0518. The Labute approximate surface area is 162 Å². The smallest absolute Gasteiger partial charge is 0.407 e. The first-order chi connectivity index (χ1) is 12.9. The van der Waals surface area contributed by atoms with Crippen molar-refractivity contribution < 1.29 is 9.53 Å². The zero-order valence-corrected chi connectivity index (χ0v) is 16.5. The molecule has 0 spiro atoms. The number of benzene rings is 2. The van der Waals surface area contributed by atoms with Crippen LogP contribution in [0.3, 0.4) is 0 Å². The highest BCUT2D eigenvalue weighted by Gasteiger charge is 2.34. The van der Waals surface area contributed by atoms with Gasteiger partial charge in [-0.25, -0.2) is 4.79 Å². The van der Waals surface area contributed by atoms with Gasteiger partial charge in [0.05, 0.1) is 0 Å². The van der Waals surface area contributed by atoms with Crippen molar-refractivity contribution in [2.24, 2.45) is 5.92 Å². The number of carbonyl (C=O) groups is 1. The highest BCUT2D eigenvalue weighted by Crippen LogP contribution is 2.33. The molecule has 2 atom stereocenters. The van der Waals surface area contributed by atoms with Crippen molar-refractivity contribution in [1.82, 2.24) is 10.2 Å². The van der Waals surface area contributed by atoms with Crippen LogP contribution in [0.25, 0.3) is 0 Å². The van der Waals surface area contributed by atoms with Crippen molar-refractivity contribution in [3.63, 3.8) is 0 Å². The maximum atomic E-state index is 12.1. The fraction of sp³-hybridized carbons (Fsp3) is 0.435. The first-order valence-corrected chi connectivity index (χ1v) is 9.69. The lowest BCUT2D eigenvalue weighted by Crippen LogP contribution is -2.36. The Hall–Kier alpha value is -2.33. The fourth-order valence-electron chi connectivity index (χ4n) is 3.74. The second kappa shape index (κ2) is 8.57. The summed E-state index contributed by atoms with van der Waals surface area (Å²) >= 11 is 0. The van der Waals surface area contributed by atoms with Gasteiger partial charge in [-0.05, 0) is 37.8 Å². The van der Waals surface area contributed by atoms with E-state index in [2.05, 4.69) is 58.7 Å². The molecule has 144 valence electrons. The number of hydrogen-bond donors (Lipinski definition) is 1. The second-order valence-corrected chi connectivity index (χ2v) is 8.34. The molecule has 0 saturated carbocycles. The number of ether oxygens (including phenoxy) is 1. The summed E-state index contributed by atoms with van der Waals surface area (Å²) in [6.07, 6.45) is -0.337. The van der Waals surface area contributed by atoms with Crippen LogP contribution >= 0.6 is 0 Å². The zero-order chi connectivity index (χ0) is 19.3. The SMILES string of the molecule is CC(C)(C)OC(=O)NC[C@H]1CN(Cc2ccccc2)C[C@@H]1c1ccccc1. The van der Waals surface area contributed by atoms with Crippen molar-refractivity contribution in [1.29, 1.82) is 0 Å². The van der Waals surface area contributed by atoms with Gasteiger partial charge in [0, 0.05) is 32.1 Å². The third-order valence-electron chi connectivity index (χ3n) is 4.90. The zero-order valence-electron chi connectivity index (χ0n) is 16.5. The summed E-state index contributed by atoms with van der Waals surface area (Å²) in [7, 11) is 0. The minimum absolute atomic E-state index is 0.337. The summed E-state index contributed by atoms with van der Waals surface area (Å²) in [5.74, 6) is 0.772. The van der Waals surface area contributed by atoms with E-state index in [1.165, 1.54) is 11.1 Å². The summed E-state index contributed by atoms with van der Waals surface area (Å²) in [5.41, 5.74) is 2.19. The number of nitrogens with zero attached hydrogens (tertiary/aromatic N) is 1. The topological polar surface area (TPSA) is 41.6 Å². The van der Waals surface area contributed by atoms with Crippen LogP contribution in [0.5, 0.6) is 0 Å². The van der Waals surface area contributed by atoms with Gasteiger partial charge in [0.15, 0.2) is 0 Å². The summed E-state index contributed by atoms with van der Waals surface area (Å²) in [5, 5.41) is 2.98. The lowest BCUT2D eigenvalue weighted by atomic mass is 9.89. The number of nitrogens with one attached hydrogen (secondary N) is 1. The summed E-state index contributed by atoms with van der Waals surface area (Å²) in [6.45, 7) is 9.18. The first kappa shape index (κ1) is 19.4. The first-order valence-electron chi connectivity index (χ1n) is 9.69. The molecule has 1 heterocycles. The molecule has 2 aromatic carbocycles. The Morgan fingerprint density at radius 2 is 1.67 bits per heavy atom. The molecule has 0 unspecified atom stereocenters. The highest BCUT2D eigenvalue weighted by molar-refractivity contribution is 5.67. The number of hydrogen-bond acceptors (Lipinski definition) is 3. The number of amides is 1. The molecular formula is C23H30N2O2. The van der Waals surface area contributed by atoms with E-state index >= 15 is 0 Å². The monoisotopic (exact) mass is 366 g/mol. The van der Waals surface area contributed by atoms with Crippen LogP contribution in [0.15, 0.2) is 60.7 Å². The van der Waals surface area contributed by atoms with Crippen LogP contribution in [0.2, 0.25) is 0 Å². The van der Waals surface area contributed by atoms with Gasteiger partial charge in [0.2, 0.25) is 0 Å². The van der Waals surface area contributed by atoms with E-state index in [-0.39, 0.29) is 6.09 Å². The maximum absolute atomic E-state index is 12.1. The van der Waals surface area contributed by atoms with Crippen LogP contribution in [-0.4, -0.2) is 36.2 Å². The molecule has 1 amide bonds. The lowest BCUT2D eigenvalue weighted by Gasteiger charge is -2.22. The summed E-state index contributed by atoms with van der Waals surface area (Å²) in [4.78, 5) is 14.6. The molecule has 0 bridgehead atoms. The standard InChI is InChI=1S/C23H30N2O2/c1-23(2,3)27-22(26)24-14-20-16-25(15-18-10-6-4-7-11-18)17-21(20)19-12-8-5-9-13-19/h4-13,20-21H,14-17H2,1-3H3,(H,24,26)/t20-,21+/m0/s1. The Balaban J connectivity index is 1.66. The van der Waals surface area contributed by atoms with Gasteiger partial charge in [-0.15, -0.1) is 0 Å². The molecule has 4 heteroatoms. The molecule has 0 aliphatic carbocycles. The third-order valence-corrected chi connectivity index (χ3v) is 4.90. The molecule has 0 radical (unpaired) electrons. The van der Waals surface area contributed by atoms with Gasteiger partial charge >= 0.3 is 6.09 Å².